The number of amidine groups is 2. The summed E-state index contributed by atoms with van der Waals surface area (Å²) < 4.78 is 0. The second-order valence-corrected chi connectivity index (χ2v) is 9.18. The van der Waals surface area contributed by atoms with Crippen molar-refractivity contribution in [1.29, 1.82) is 0 Å². The molecule has 142 valence electrons. The van der Waals surface area contributed by atoms with Gasteiger partial charge in [-0.1, -0.05) is 65.5 Å². The van der Waals surface area contributed by atoms with Crippen LogP contribution in [0.25, 0.3) is 0 Å². The highest BCUT2D eigenvalue weighted by molar-refractivity contribution is 8.17. The van der Waals surface area contributed by atoms with Crippen molar-refractivity contribution in [3.8, 4) is 0 Å². The summed E-state index contributed by atoms with van der Waals surface area (Å²) in [5.41, 5.74) is 4.82. The van der Waals surface area contributed by atoms with Crippen LogP contribution in [0.15, 0.2) is 69.6 Å². The van der Waals surface area contributed by atoms with Gasteiger partial charge in [0, 0.05) is 16.5 Å². The van der Waals surface area contributed by atoms with E-state index in [0.29, 0.717) is 6.04 Å². The molecule has 0 aliphatic carbocycles. The minimum Gasteiger partial charge on any atom is -0.360 e. The Balaban J connectivity index is 1.17. The van der Waals surface area contributed by atoms with Gasteiger partial charge in [0.05, 0.1) is 24.8 Å². The largest absolute Gasteiger partial charge is 0.360 e. The first kappa shape index (κ1) is 18.2. The molecule has 0 radical (unpaired) electrons. The smallest absolute Gasteiger partial charge is 0.173 e. The fourth-order valence-electron chi connectivity index (χ4n) is 3.50. The van der Waals surface area contributed by atoms with Crippen molar-refractivity contribution in [3.05, 3.63) is 75.8 Å². The molecule has 2 aromatic rings. The number of halogens is 1. The number of benzene rings is 2. The van der Waals surface area contributed by atoms with Crippen LogP contribution in [0.5, 0.6) is 0 Å². The number of aliphatic imine (C=N–C) groups is 2. The Labute approximate surface area is 178 Å². The average Bonchev–Trinajstić information content (AvgIpc) is 3.32. The van der Waals surface area contributed by atoms with Crippen LogP contribution in [0, 0.1) is 0 Å². The van der Waals surface area contributed by atoms with E-state index in [4.69, 9.17) is 21.6 Å². The molecule has 5 rings (SSSR count). The highest BCUT2D eigenvalue weighted by Crippen LogP contribution is 2.38. The van der Waals surface area contributed by atoms with E-state index in [0.717, 1.165) is 46.3 Å². The lowest BCUT2D eigenvalue weighted by molar-refractivity contribution is 0.519. The second kappa shape index (κ2) is 7.85. The summed E-state index contributed by atoms with van der Waals surface area (Å²) in [5, 5.41) is 8.63. The van der Waals surface area contributed by atoms with Crippen molar-refractivity contribution in [2.75, 3.05) is 12.3 Å². The van der Waals surface area contributed by atoms with Crippen molar-refractivity contribution in [2.24, 2.45) is 9.98 Å². The summed E-state index contributed by atoms with van der Waals surface area (Å²) >= 11 is 9.62. The van der Waals surface area contributed by atoms with E-state index < -0.39 is 0 Å². The fourth-order valence-corrected chi connectivity index (χ4v) is 5.66. The maximum atomic E-state index is 6.16. The molecule has 1 unspecified atom stereocenters. The molecule has 3 aliphatic heterocycles. The van der Waals surface area contributed by atoms with Gasteiger partial charge in [-0.05, 0) is 41.2 Å². The number of hydrogen-bond donors (Lipinski definition) is 1. The number of fused-ring (bicyclic) bond motifs is 2. The fraction of sp³-hybridized carbons (Fsp3) is 0.238. The molecular weight excluding hydrogens is 408 g/mol. The van der Waals surface area contributed by atoms with Gasteiger partial charge in [0.2, 0.25) is 0 Å². The van der Waals surface area contributed by atoms with E-state index in [-0.39, 0.29) is 0 Å². The van der Waals surface area contributed by atoms with Crippen LogP contribution in [-0.2, 0) is 13.0 Å². The van der Waals surface area contributed by atoms with Crippen LogP contribution in [0.1, 0.15) is 11.1 Å². The lowest BCUT2D eigenvalue weighted by Crippen LogP contribution is -2.31. The second-order valence-electron chi connectivity index (χ2n) is 6.95. The maximum Gasteiger partial charge on any atom is 0.173 e. The standard InChI is InChI=1S/C21H19ClN4S2/c22-16-6-7-19-15(9-16)11-26-18(13-28-21(26)25-19)12-27-20-23-10-17(24-20)8-14-4-2-1-3-5-14/h1-7,9,13,17H,8,10-12H2,(H,23,24). The van der Waals surface area contributed by atoms with Gasteiger partial charge >= 0.3 is 0 Å². The van der Waals surface area contributed by atoms with Gasteiger partial charge in [-0.3, -0.25) is 4.99 Å². The van der Waals surface area contributed by atoms with Crippen molar-refractivity contribution < 1.29 is 0 Å². The molecular formula is C21H19ClN4S2. The lowest BCUT2D eigenvalue weighted by Gasteiger charge is -2.27. The molecule has 1 N–H and O–H groups in total. The highest BCUT2D eigenvalue weighted by atomic mass is 35.5. The molecule has 0 saturated carbocycles. The predicted octanol–water partition coefficient (Wildman–Crippen LogP) is 5.04. The molecule has 4 nitrogen and oxygen atoms in total. The Kier molecular flexibility index (Phi) is 5.09. The zero-order valence-electron chi connectivity index (χ0n) is 15.1. The third-order valence-corrected chi connectivity index (χ3v) is 7.04. The summed E-state index contributed by atoms with van der Waals surface area (Å²) in [6.07, 6.45) is 1.01. The lowest BCUT2D eigenvalue weighted by atomic mass is 10.1. The number of nitrogens with zero attached hydrogens (tertiary/aromatic N) is 3. The van der Waals surface area contributed by atoms with E-state index in [9.17, 15) is 0 Å². The summed E-state index contributed by atoms with van der Waals surface area (Å²) in [7, 11) is 0. The Morgan fingerprint density at radius 3 is 3.00 bits per heavy atom. The molecule has 3 aliphatic rings. The van der Waals surface area contributed by atoms with Gasteiger partial charge in [0.15, 0.2) is 10.3 Å². The highest BCUT2D eigenvalue weighted by Gasteiger charge is 2.28. The van der Waals surface area contributed by atoms with Gasteiger partial charge in [-0.15, -0.1) is 0 Å². The van der Waals surface area contributed by atoms with Gasteiger partial charge in [-0.25, -0.2) is 4.99 Å². The maximum absolute atomic E-state index is 6.16. The minimum atomic E-state index is 0.387. The number of nitrogens with one attached hydrogen (secondary N) is 1. The number of rotatable bonds is 4. The van der Waals surface area contributed by atoms with Crippen molar-refractivity contribution in [3.63, 3.8) is 0 Å². The SMILES string of the molecule is Clc1ccc2c(c1)CN1C(CSC3=NCC(Cc4ccccc4)N3)=CSC1=N2. The Morgan fingerprint density at radius 2 is 2.11 bits per heavy atom. The quantitative estimate of drug-likeness (QED) is 0.743. The molecule has 0 amide bonds. The van der Waals surface area contributed by atoms with E-state index >= 15 is 0 Å². The van der Waals surface area contributed by atoms with Gasteiger partial charge in [0.1, 0.15) is 0 Å². The topological polar surface area (TPSA) is 40.0 Å². The van der Waals surface area contributed by atoms with Crippen molar-refractivity contribution in [1.82, 2.24) is 10.2 Å². The van der Waals surface area contributed by atoms with Crippen LogP contribution in [-0.4, -0.2) is 33.6 Å². The van der Waals surface area contributed by atoms with Crippen LogP contribution in [0.3, 0.4) is 0 Å². The third kappa shape index (κ3) is 3.81. The van der Waals surface area contributed by atoms with E-state index in [1.54, 1.807) is 23.5 Å². The number of hydrogen-bond acceptors (Lipinski definition) is 6. The van der Waals surface area contributed by atoms with Crippen LogP contribution in [0.2, 0.25) is 5.02 Å². The Hall–Kier alpha value is -1.89. The predicted molar refractivity (Wildman–Crippen MR) is 122 cm³/mol. The van der Waals surface area contributed by atoms with Crippen LogP contribution >= 0.6 is 35.1 Å². The molecule has 0 fully saturated rings. The molecule has 0 spiro atoms. The number of thioether (sulfide) groups is 2. The summed E-state index contributed by atoms with van der Waals surface area (Å²) in [6, 6.07) is 16.9. The van der Waals surface area contributed by atoms with Crippen LogP contribution in [0.4, 0.5) is 5.69 Å². The average molecular weight is 427 g/mol. The molecule has 2 aromatic carbocycles. The Bertz CT molecular complexity index is 987. The van der Waals surface area contributed by atoms with Crippen LogP contribution < -0.4 is 5.32 Å². The van der Waals surface area contributed by atoms with Gasteiger partial charge in [-0.2, -0.15) is 0 Å². The monoisotopic (exact) mass is 426 g/mol. The van der Waals surface area contributed by atoms with E-state index in [1.807, 2.05) is 18.2 Å². The minimum absolute atomic E-state index is 0.387. The normalized spacial score (nSPS) is 20.1. The molecule has 0 bridgehead atoms. The molecule has 0 saturated heterocycles. The zero-order chi connectivity index (χ0) is 18.9. The van der Waals surface area contributed by atoms with Gasteiger partial charge in [0.25, 0.3) is 0 Å². The zero-order valence-corrected chi connectivity index (χ0v) is 17.5. The molecule has 0 aromatic heterocycles. The van der Waals surface area contributed by atoms with Crippen molar-refractivity contribution in [2.45, 2.75) is 19.0 Å². The third-order valence-electron chi connectivity index (χ3n) is 4.93. The first-order valence-electron chi connectivity index (χ1n) is 9.23. The summed E-state index contributed by atoms with van der Waals surface area (Å²) in [5.74, 6) is 0.881. The summed E-state index contributed by atoms with van der Waals surface area (Å²) in [6.45, 7) is 1.66. The first-order chi connectivity index (χ1) is 13.7. The molecule has 28 heavy (non-hydrogen) atoms. The van der Waals surface area contributed by atoms with Gasteiger partial charge < -0.3 is 10.2 Å². The van der Waals surface area contributed by atoms with E-state index in [1.165, 1.54) is 16.8 Å². The first-order valence-corrected chi connectivity index (χ1v) is 11.5. The van der Waals surface area contributed by atoms with Crippen molar-refractivity contribution >= 4 is 51.1 Å². The molecule has 1 atom stereocenters. The molecule has 3 heterocycles. The van der Waals surface area contributed by atoms with E-state index in [2.05, 4.69) is 46.0 Å². The Morgan fingerprint density at radius 1 is 1.21 bits per heavy atom. The molecule has 7 heteroatoms. The summed E-state index contributed by atoms with van der Waals surface area (Å²) in [4.78, 5) is 11.8.